The minimum Gasteiger partial charge on any atom is -0.341 e. The van der Waals surface area contributed by atoms with Crippen molar-refractivity contribution in [3.8, 4) is 6.07 Å². The summed E-state index contributed by atoms with van der Waals surface area (Å²) in [6, 6.07) is 14.7. The van der Waals surface area contributed by atoms with Gasteiger partial charge in [0, 0.05) is 0 Å². The molecule has 27 heavy (non-hydrogen) atoms. The van der Waals surface area contributed by atoms with Crippen LogP contribution in [-0.4, -0.2) is 11.8 Å². The van der Waals surface area contributed by atoms with Gasteiger partial charge in [-0.05, 0) is 60.9 Å². The van der Waals surface area contributed by atoms with Gasteiger partial charge >= 0.3 is 11.8 Å². The number of nitrogens with one attached hydrogen (secondary N) is 2. The second-order valence-corrected chi connectivity index (χ2v) is 6.78. The third-order valence-electron chi connectivity index (χ3n) is 4.99. The number of rotatable bonds is 4. The van der Waals surface area contributed by atoms with Crippen molar-refractivity contribution in [1.82, 2.24) is 5.32 Å². The first-order valence-electron chi connectivity index (χ1n) is 9.35. The fourth-order valence-electron chi connectivity index (χ4n) is 3.48. The summed E-state index contributed by atoms with van der Waals surface area (Å²) in [4.78, 5) is 24.6. The molecule has 2 amide bonds. The standard InChI is InChI=1S/C22H23N3O2/c1-2-19(17-12-11-15-7-3-4-8-16(15)13-17)24-21(26)22(27)25-20-10-6-5-9-18(20)14-23/h5-6,9-13,19H,2-4,7-8H2,1H3,(H,24,26)(H,25,27). The highest BCUT2D eigenvalue weighted by atomic mass is 16.2. The Morgan fingerprint density at radius 1 is 1.07 bits per heavy atom. The summed E-state index contributed by atoms with van der Waals surface area (Å²) >= 11 is 0. The SMILES string of the molecule is CCC(NC(=O)C(=O)Nc1ccccc1C#N)c1ccc2c(c1)CCCC2. The Hall–Kier alpha value is -3.13. The number of hydrogen-bond donors (Lipinski definition) is 2. The van der Waals surface area contributed by atoms with E-state index in [-0.39, 0.29) is 6.04 Å². The number of nitriles is 1. The van der Waals surface area contributed by atoms with Crippen LogP contribution in [0, 0.1) is 11.3 Å². The molecule has 0 aliphatic heterocycles. The summed E-state index contributed by atoms with van der Waals surface area (Å²) in [7, 11) is 0. The van der Waals surface area contributed by atoms with Crippen LogP contribution in [0.5, 0.6) is 0 Å². The largest absolute Gasteiger partial charge is 0.341 e. The molecule has 2 aromatic carbocycles. The Bertz CT molecular complexity index is 899. The van der Waals surface area contributed by atoms with Gasteiger partial charge in [-0.3, -0.25) is 9.59 Å². The number of fused-ring (bicyclic) bond motifs is 1. The molecule has 5 heteroatoms. The highest BCUT2D eigenvalue weighted by Gasteiger charge is 2.21. The summed E-state index contributed by atoms with van der Waals surface area (Å²) in [5.74, 6) is -1.47. The predicted octanol–water partition coefficient (Wildman–Crippen LogP) is 3.64. The van der Waals surface area contributed by atoms with E-state index in [9.17, 15) is 9.59 Å². The van der Waals surface area contributed by atoms with Crippen molar-refractivity contribution < 1.29 is 9.59 Å². The second-order valence-electron chi connectivity index (χ2n) is 6.78. The van der Waals surface area contributed by atoms with E-state index >= 15 is 0 Å². The van der Waals surface area contributed by atoms with Crippen LogP contribution >= 0.6 is 0 Å². The summed E-state index contributed by atoms with van der Waals surface area (Å²) < 4.78 is 0. The maximum Gasteiger partial charge on any atom is 0.313 e. The Morgan fingerprint density at radius 3 is 2.56 bits per heavy atom. The number of para-hydroxylation sites is 1. The normalized spacial score (nSPS) is 13.8. The molecule has 0 heterocycles. The average Bonchev–Trinajstić information content (AvgIpc) is 2.71. The summed E-state index contributed by atoms with van der Waals surface area (Å²) in [6.45, 7) is 1.98. The Balaban J connectivity index is 1.69. The number of amides is 2. The zero-order valence-electron chi connectivity index (χ0n) is 15.4. The lowest BCUT2D eigenvalue weighted by Crippen LogP contribution is -2.37. The highest BCUT2D eigenvalue weighted by molar-refractivity contribution is 6.39. The highest BCUT2D eigenvalue weighted by Crippen LogP contribution is 2.26. The Labute approximate surface area is 159 Å². The fraction of sp³-hybridized carbons (Fsp3) is 0.318. The van der Waals surface area contributed by atoms with Crippen LogP contribution in [0.3, 0.4) is 0 Å². The van der Waals surface area contributed by atoms with Gasteiger partial charge in [-0.25, -0.2) is 0 Å². The van der Waals surface area contributed by atoms with Crippen LogP contribution in [0.15, 0.2) is 42.5 Å². The van der Waals surface area contributed by atoms with Crippen molar-refractivity contribution in [1.29, 1.82) is 5.26 Å². The first-order chi connectivity index (χ1) is 13.1. The molecular weight excluding hydrogens is 338 g/mol. The van der Waals surface area contributed by atoms with Gasteiger partial charge in [-0.1, -0.05) is 37.3 Å². The van der Waals surface area contributed by atoms with Gasteiger partial charge in [0.1, 0.15) is 6.07 Å². The van der Waals surface area contributed by atoms with E-state index in [2.05, 4.69) is 22.8 Å². The van der Waals surface area contributed by atoms with E-state index in [1.165, 1.54) is 24.0 Å². The zero-order valence-corrected chi connectivity index (χ0v) is 15.4. The van der Waals surface area contributed by atoms with E-state index in [1.54, 1.807) is 24.3 Å². The molecule has 1 atom stereocenters. The van der Waals surface area contributed by atoms with E-state index in [0.29, 0.717) is 17.7 Å². The third kappa shape index (κ3) is 4.35. The summed E-state index contributed by atoms with van der Waals surface area (Å²) in [6.07, 6.45) is 5.29. The number of carbonyl (C=O) groups excluding carboxylic acids is 2. The molecule has 5 nitrogen and oxygen atoms in total. The number of benzene rings is 2. The molecule has 0 fully saturated rings. The molecule has 0 radical (unpaired) electrons. The first kappa shape index (κ1) is 18.7. The van der Waals surface area contributed by atoms with E-state index in [0.717, 1.165) is 18.4 Å². The van der Waals surface area contributed by atoms with Gasteiger partial charge in [0.2, 0.25) is 0 Å². The maximum atomic E-state index is 12.4. The Morgan fingerprint density at radius 2 is 1.81 bits per heavy atom. The quantitative estimate of drug-likeness (QED) is 0.816. The van der Waals surface area contributed by atoms with Gasteiger partial charge < -0.3 is 10.6 Å². The second kappa shape index (κ2) is 8.50. The number of hydrogen-bond acceptors (Lipinski definition) is 3. The fourth-order valence-corrected chi connectivity index (χ4v) is 3.48. The average molecular weight is 361 g/mol. The van der Waals surface area contributed by atoms with Crippen LogP contribution in [0.4, 0.5) is 5.69 Å². The van der Waals surface area contributed by atoms with Crippen LogP contribution in [-0.2, 0) is 22.4 Å². The topological polar surface area (TPSA) is 82.0 Å². The van der Waals surface area contributed by atoms with Gasteiger partial charge in [-0.2, -0.15) is 5.26 Å². The van der Waals surface area contributed by atoms with Crippen LogP contribution < -0.4 is 10.6 Å². The molecule has 2 aromatic rings. The van der Waals surface area contributed by atoms with Crippen LogP contribution in [0.1, 0.15) is 54.5 Å². The van der Waals surface area contributed by atoms with E-state index in [4.69, 9.17) is 5.26 Å². The van der Waals surface area contributed by atoms with Gasteiger partial charge in [0.25, 0.3) is 0 Å². The number of aryl methyl sites for hydroxylation is 2. The van der Waals surface area contributed by atoms with Gasteiger partial charge in [-0.15, -0.1) is 0 Å². The van der Waals surface area contributed by atoms with Crippen molar-refractivity contribution in [3.63, 3.8) is 0 Å². The maximum absolute atomic E-state index is 12.4. The van der Waals surface area contributed by atoms with Crippen LogP contribution in [0.2, 0.25) is 0 Å². The molecule has 1 aliphatic carbocycles. The lowest BCUT2D eigenvalue weighted by molar-refractivity contribution is -0.136. The first-order valence-corrected chi connectivity index (χ1v) is 9.35. The summed E-state index contributed by atoms with van der Waals surface area (Å²) in [5.41, 5.74) is 4.41. The molecule has 0 spiro atoms. The molecule has 3 rings (SSSR count). The van der Waals surface area contributed by atoms with E-state index in [1.807, 2.05) is 19.1 Å². The van der Waals surface area contributed by atoms with Gasteiger partial charge in [0.05, 0.1) is 17.3 Å². The number of nitrogens with zero attached hydrogens (tertiary/aromatic N) is 1. The van der Waals surface area contributed by atoms with Gasteiger partial charge in [0.15, 0.2) is 0 Å². The van der Waals surface area contributed by atoms with Crippen LogP contribution in [0.25, 0.3) is 0 Å². The molecule has 2 N–H and O–H groups in total. The number of carbonyl (C=O) groups is 2. The predicted molar refractivity (Wildman–Crippen MR) is 104 cm³/mol. The minimum atomic E-state index is -0.769. The minimum absolute atomic E-state index is 0.221. The third-order valence-corrected chi connectivity index (χ3v) is 4.99. The molecule has 1 aliphatic rings. The molecule has 0 bridgehead atoms. The number of anilines is 1. The molecule has 138 valence electrons. The van der Waals surface area contributed by atoms with Crippen molar-refractivity contribution in [2.24, 2.45) is 0 Å². The summed E-state index contributed by atoms with van der Waals surface area (Å²) in [5, 5.41) is 14.4. The van der Waals surface area contributed by atoms with E-state index < -0.39 is 11.8 Å². The smallest absolute Gasteiger partial charge is 0.313 e. The molecule has 0 saturated heterocycles. The van der Waals surface area contributed by atoms with Crippen molar-refractivity contribution in [3.05, 3.63) is 64.7 Å². The molecule has 0 saturated carbocycles. The van der Waals surface area contributed by atoms with Crippen molar-refractivity contribution >= 4 is 17.5 Å². The van der Waals surface area contributed by atoms with Crippen molar-refractivity contribution in [2.45, 2.75) is 45.1 Å². The molecule has 0 aromatic heterocycles. The lowest BCUT2D eigenvalue weighted by atomic mass is 9.89. The zero-order chi connectivity index (χ0) is 19.2. The molecular formula is C22H23N3O2. The Kier molecular flexibility index (Phi) is 5.87. The lowest BCUT2D eigenvalue weighted by Gasteiger charge is -2.21. The van der Waals surface area contributed by atoms with Crippen molar-refractivity contribution in [2.75, 3.05) is 5.32 Å². The monoisotopic (exact) mass is 361 g/mol. The molecule has 1 unspecified atom stereocenters.